The molecule has 0 bridgehead atoms. The van der Waals surface area contributed by atoms with E-state index in [4.69, 9.17) is 0 Å². The van der Waals surface area contributed by atoms with Crippen LogP contribution < -0.4 is 5.32 Å². The van der Waals surface area contributed by atoms with Crippen LogP contribution in [0.25, 0.3) is 0 Å². The maximum absolute atomic E-state index is 11.9. The average molecular weight is 341 g/mol. The first-order valence-corrected chi connectivity index (χ1v) is 8.55. The second-order valence-corrected chi connectivity index (χ2v) is 7.87. The van der Waals surface area contributed by atoms with Crippen LogP contribution in [0.3, 0.4) is 0 Å². The maximum atomic E-state index is 11.9. The highest BCUT2D eigenvalue weighted by Gasteiger charge is 2.17. The summed E-state index contributed by atoms with van der Waals surface area (Å²) in [4.78, 5) is 1.04. The first-order valence-electron chi connectivity index (χ1n) is 5.27. The van der Waals surface area contributed by atoms with Gasteiger partial charge in [-0.3, -0.25) is 0 Å². The summed E-state index contributed by atoms with van der Waals surface area (Å²) < 4.78 is 26.2. The van der Waals surface area contributed by atoms with Crippen LogP contribution in [0.2, 0.25) is 0 Å². The van der Waals surface area contributed by atoms with E-state index in [9.17, 15) is 8.42 Å². The summed E-state index contributed by atoms with van der Waals surface area (Å²) in [6.45, 7) is 1.16. The summed E-state index contributed by atoms with van der Waals surface area (Å²) in [7, 11) is 0.310. The smallest absolute Gasteiger partial charge is 0.214 e. The predicted octanol–water partition coefficient (Wildman–Crippen LogP) is 1.88. The Kier molecular flexibility index (Phi) is 6.08. The molecule has 0 aliphatic carbocycles. The van der Waals surface area contributed by atoms with Crippen LogP contribution in [0.5, 0.6) is 0 Å². The first-order chi connectivity index (χ1) is 7.95. The molecule has 0 aliphatic rings. The van der Waals surface area contributed by atoms with Crippen molar-refractivity contribution in [1.29, 1.82) is 0 Å². The van der Waals surface area contributed by atoms with E-state index in [2.05, 4.69) is 21.2 Å². The SMILES string of the molecule is CNCCCS(=O)(=O)N(C)Cc1cc(Br)cs1. The Bertz CT molecular complexity index is 445. The van der Waals surface area contributed by atoms with Crippen molar-refractivity contribution >= 4 is 37.3 Å². The number of thiophene rings is 1. The third kappa shape index (κ3) is 5.05. The molecule has 0 atom stereocenters. The van der Waals surface area contributed by atoms with Gasteiger partial charge in [0.25, 0.3) is 0 Å². The fourth-order valence-corrected chi connectivity index (χ4v) is 4.08. The first kappa shape index (κ1) is 15.1. The number of hydrogen-bond donors (Lipinski definition) is 1. The van der Waals surface area contributed by atoms with E-state index in [0.717, 1.165) is 15.9 Å². The Labute approximate surface area is 115 Å². The molecule has 7 heteroatoms. The van der Waals surface area contributed by atoms with Crippen LogP contribution in [0.1, 0.15) is 11.3 Å². The zero-order valence-corrected chi connectivity index (χ0v) is 13.2. The summed E-state index contributed by atoms with van der Waals surface area (Å²) in [5, 5.41) is 4.90. The lowest BCUT2D eigenvalue weighted by molar-refractivity contribution is 0.467. The fourth-order valence-electron chi connectivity index (χ4n) is 1.34. The number of sulfonamides is 1. The number of hydrogen-bond acceptors (Lipinski definition) is 4. The second-order valence-electron chi connectivity index (χ2n) is 3.76. The van der Waals surface area contributed by atoms with E-state index in [0.29, 0.717) is 13.0 Å². The van der Waals surface area contributed by atoms with Crippen LogP contribution in [-0.4, -0.2) is 39.1 Å². The van der Waals surface area contributed by atoms with E-state index in [1.807, 2.05) is 18.5 Å². The van der Waals surface area contributed by atoms with Gasteiger partial charge in [0.05, 0.1) is 5.75 Å². The lowest BCUT2D eigenvalue weighted by Gasteiger charge is -2.16. The lowest BCUT2D eigenvalue weighted by Crippen LogP contribution is -2.29. The van der Waals surface area contributed by atoms with Gasteiger partial charge >= 0.3 is 0 Å². The Hall–Kier alpha value is 0.0500. The highest BCUT2D eigenvalue weighted by Crippen LogP contribution is 2.21. The van der Waals surface area contributed by atoms with Crippen LogP contribution in [0.15, 0.2) is 15.9 Å². The minimum absolute atomic E-state index is 0.191. The monoisotopic (exact) mass is 340 g/mol. The van der Waals surface area contributed by atoms with Crippen LogP contribution in [0.4, 0.5) is 0 Å². The Balaban J connectivity index is 2.53. The van der Waals surface area contributed by atoms with E-state index in [1.54, 1.807) is 18.4 Å². The molecule has 0 saturated heterocycles. The van der Waals surface area contributed by atoms with Gasteiger partial charge in [-0.25, -0.2) is 8.42 Å². The van der Waals surface area contributed by atoms with Crippen molar-refractivity contribution in [3.05, 3.63) is 20.8 Å². The molecule has 0 unspecified atom stereocenters. The molecule has 1 aromatic heterocycles. The molecule has 1 rings (SSSR count). The fraction of sp³-hybridized carbons (Fsp3) is 0.600. The molecule has 17 heavy (non-hydrogen) atoms. The highest BCUT2D eigenvalue weighted by molar-refractivity contribution is 9.10. The van der Waals surface area contributed by atoms with Gasteiger partial charge in [0.15, 0.2) is 0 Å². The van der Waals surface area contributed by atoms with Gasteiger partial charge in [-0.2, -0.15) is 4.31 Å². The van der Waals surface area contributed by atoms with Crippen molar-refractivity contribution < 1.29 is 8.42 Å². The van der Waals surface area contributed by atoms with Gasteiger partial charge in [0.1, 0.15) is 0 Å². The van der Waals surface area contributed by atoms with Crippen molar-refractivity contribution in [1.82, 2.24) is 9.62 Å². The summed E-state index contributed by atoms with van der Waals surface area (Å²) in [5.74, 6) is 0.191. The second kappa shape index (κ2) is 6.84. The average Bonchev–Trinajstić information content (AvgIpc) is 2.64. The molecular formula is C10H17BrN2O2S2. The molecule has 0 fully saturated rings. The number of nitrogens with one attached hydrogen (secondary N) is 1. The molecule has 0 amide bonds. The summed E-state index contributed by atoms with van der Waals surface area (Å²) >= 11 is 4.91. The number of rotatable bonds is 7. The largest absolute Gasteiger partial charge is 0.320 e. The van der Waals surface area contributed by atoms with Crippen molar-refractivity contribution in [2.45, 2.75) is 13.0 Å². The van der Waals surface area contributed by atoms with Crippen LogP contribution in [0, 0.1) is 0 Å². The minimum atomic E-state index is -3.14. The van der Waals surface area contributed by atoms with E-state index in [-0.39, 0.29) is 5.75 Å². The van der Waals surface area contributed by atoms with Crippen molar-refractivity contribution in [3.63, 3.8) is 0 Å². The van der Waals surface area contributed by atoms with Crippen LogP contribution in [-0.2, 0) is 16.6 Å². The quantitative estimate of drug-likeness (QED) is 0.771. The molecule has 0 aromatic carbocycles. The number of nitrogens with zero attached hydrogens (tertiary/aromatic N) is 1. The Morgan fingerprint density at radius 1 is 1.53 bits per heavy atom. The molecule has 1 heterocycles. The standard InChI is InChI=1S/C10H17BrN2O2S2/c1-12-4-3-5-17(14,15)13(2)7-10-6-9(11)8-16-10/h6,8,12H,3-5,7H2,1-2H3. The minimum Gasteiger partial charge on any atom is -0.320 e. The Morgan fingerprint density at radius 3 is 2.76 bits per heavy atom. The zero-order valence-electron chi connectivity index (χ0n) is 9.94. The molecule has 1 aromatic rings. The zero-order chi connectivity index (χ0) is 12.9. The molecule has 0 radical (unpaired) electrons. The third-order valence-electron chi connectivity index (χ3n) is 2.30. The van der Waals surface area contributed by atoms with Crippen molar-refractivity contribution in [2.75, 3.05) is 26.4 Å². The van der Waals surface area contributed by atoms with Gasteiger partial charge in [-0.15, -0.1) is 11.3 Å². The lowest BCUT2D eigenvalue weighted by atomic mass is 10.5. The summed E-state index contributed by atoms with van der Waals surface area (Å²) in [6.07, 6.45) is 0.636. The van der Waals surface area contributed by atoms with Gasteiger partial charge in [0.2, 0.25) is 10.0 Å². The maximum Gasteiger partial charge on any atom is 0.214 e. The van der Waals surface area contributed by atoms with Gasteiger partial charge in [-0.05, 0) is 42.0 Å². The van der Waals surface area contributed by atoms with Crippen LogP contribution >= 0.6 is 27.3 Å². The summed E-state index contributed by atoms with van der Waals surface area (Å²) in [6, 6.07) is 1.95. The van der Waals surface area contributed by atoms with Gasteiger partial charge < -0.3 is 5.32 Å². The highest BCUT2D eigenvalue weighted by atomic mass is 79.9. The molecule has 98 valence electrons. The van der Waals surface area contributed by atoms with Crippen molar-refractivity contribution in [3.8, 4) is 0 Å². The number of halogens is 1. The Morgan fingerprint density at radius 2 is 2.24 bits per heavy atom. The van der Waals surface area contributed by atoms with Gasteiger partial charge in [-0.1, -0.05) is 0 Å². The van der Waals surface area contributed by atoms with E-state index >= 15 is 0 Å². The van der Waals surface area contributed by atoms with E-state index < -0.39 is 10.0 Å². The van der Waals surface area contributed by atoms with E-state index in [1.165, 1.54) is 4.31 Å². The normalized spacial score (nSPS) is 12.2. The molecule has 1 N–H and O–H groups in total. The molecule has 0 saturated carbocycles. The summed E-state index contributed by atoms with van der Waals surface area (Å²) in [5.41, 5.74) is 0. The predicted molar refractivity (Wildman–Crippen MR) is 75.8 cm³/mol. The van der Waals surface area contributed by atoms with Gasteiger partial charge in [0, 0.05) is 28.3 Å². The third-order valence-corrected chi connectivity index (χ3v) is 5.87. The molecule has 0 spiro atoms. The molecular weight excluding hydrogens is 324 g/mol. The molecule has 0 aliphatic heterocycles. The topological polar surface area (TPSA) is 49.4 Å². The molecule has 4 nitrogen and oxygen atoms in total. The van der Waals surface area contributed by atoms with Crippen molar-refractivity contribution in [2.24, 2.45) is 0 Å².